The number of nitrogens with zero attached hydrogens (tertiary/aromatic N) is 4. The fourth-order valence-electron chi connectivity index (χ4n) is 3.41. The van der Waals surface area contributed by atoms with E-state index >= 15 is 0 Å². The van der Waals surface area contributed by atoms with Gasteiger partial charge in [0.1, 0.15) is 11.7 Å². The van der Waals surface area contributed by atoms with Crippen LogP contribution in [0.5, 0.6) is 0 Å². The summed E-state index contributed by atoms with van der Waals surface area (Å²) in [5, 5.41) is 9.99. The second-order valence-corrected chi connectivity index (χ2v) is 6.56. The van der Waals surface area contributed by atoms with E-state index in [1.807, 2.05) is 24.4 Å². The van der Waals surface area contributed by atoms with Crippen LogP contribution in [0.2, 0.25) is 0 Å². The molecule has 146 valence electrons. The van der Waals surface area contributed by atoms with Crippen molar-refractivity contribution in [2.24, 2.45) is 0 Å². The lowest BCUT2D eigenvalue weighted by Crippen LogP contribution is -2.35. The summed E-state index contributed by atoms with van der Waals surface area (Å²) < 4.78 is 38.7. The first-order valence-electron chi connectivity index (χ1n) is 8.76. The summed E-state index contributed by atoms with van der Waals surface area (Å²) in [7, 11) is 0. The lowest BCUT2D eigenvalue weighted by atomic mass is 9.97. The molecule has 3 aromatic heterocycles. The molecular formula is C20H14F3N5O. The number of hydrogen-bond acceptors (Lipinski definition) is 4. The van der Waals surface area contributed by atoms with Crippen LogP contribution in [0.15, 0.2) is 42.9 Å². The number of nitriles is 1. The van der Waals surface area contributed by atoms with Crippen LogP contribution in [0, 0.1) is 11.3 Å². The topological polar surface area (TPSA) is 85.7 Å². The molecule has 0 aromatic carbocycles. The number of hydrogen-bond donors (Lipinski definition) is 1. The minimum absolute atomic E-state index is 0.0386. The fraction of sp³-hybridized carbons (Fsp3) is 0.200. The zero-order valence-corrected chi connectivity index (χ0v) is 15.0. The van der Waals surface area contributed by atoms with E-state index in [1.165, 1.54) is 11.0 Å². The van der Waals surface area contributed by atoms with Crippen LogP contribution < -0.4 is 0 Å². The SMILES string of the molecule is N#Cc1cc(C(=O)N2CC=C(c3ccnc4[nH]ccc34)CC2)cnc1C(F)(F)F. The van der Waals surface area contributed by atoms with Crippen LogP contribution in [0.1, 0.15) is 33.6 Å². The van der Waals surface area contributed by atoms with Crippen molar-refractivity contribution in [3.05, 3.63) is 65.2 Å². The molecule has 3 aromatic rings. The second-order valence-electron chi connectivity index (χ2n) is 6.56. The molecule has 1 N–H and O–H groups in total. The molecule has 1 aliphatic rings. The van der Waals surface area contributed by atoms with E-state index < -0.39 is 23.3 Å². The Labute approximate surface area is 163 Å². The van der Waals surface area contributed by atoms with Gasteiger partial charge in [-0.05, 0) is 35.8 Å². The van der Waals surface area contributed by atoms with Gasteiger partial charge in [-0.2, -0.15) is 18.4 Å². The number of carbonyl (C=O) groups is 1. The van der Waals surface area contributed by atoms with Gasteiger partial charge in [0.05, 0.1) is 11.1 Å². The van der Waals surface area contributed by atoms with Crippen molar-refractivity contribution in [1.82, 2.24) is 19.9 Å². The highest BCUT2D eigenvalue weighted by Crippen LogP contribution is 2.31. The Morgan fingerprint density at radius 2 is 2.10 bits per heavy atom. The highest BCUT2D eigenvalue weighted by molar-refractivity contribution is 5.95. The summed E-state index contributed by atoms with van der Waals surface area (Å²) in [4.78, 5) is 24.8. The Hall–Kier alpha value is -3.67. The summed E-state index contributed by atoms with van der Waals surface area (Å²) in [5.74, 6) is -0.459. The predicted molar refractivity (Wildman–Crippen MR) is 98.5 cm³/mol. The third kappa shape index (κ3) is 3.45. The van der Waals surface area contributed by atoms with E-state index in [9.17, 15) is 18.0 Å². The number of pyridine rings is 2. The first-order chi connectivity index (χ1) is 13.9. The second kappa shape index (κ2) is 7.05. The smallest absolute Gasteiger partial charge is 0.346 e. The minimum atomic E-state index is -4.75. The number of aromatic amines is 1. The molecular weight excluding hydrogens is 383 g/mol. The first-order valence-corrected chi connectivity index (χ1v) is 8.76. The molecule has 1 aliphatic heterocycles. The van der Waals surface area contributed by atoms with Crippen LogP contribution >= 0.6 is 0 Å². The molecule has 29 heavy (non-hydrogen) atoms. The van der Waals surface area contributed by atoms with Crippen molar-refractivity contribution >= 4 is 22.5 Å². The zero-order valence-electron chi connectivity index (χ0n) is 15.0. The third-order valence-corrected chi connectivity index (χ3v) is 4.83. The molecule has 6 nitrogen and oxygen atoms in total. The normalized spacial score (nSPS) is 14.6. The Kier molecular flexibility index (Phi) is 4.54. The monoisotopic (exact) mass is 397 g/mol. The highest BCUT2D eigenvalue weighted by atomic mass is 19.4. The van der Waals surface area contributed by atoms with Gasteiger partial charge in [0, 0.05) is 37.1 Å². The molecule has 1 amide bonds. The summed E-state index contributed by atoms with van der Waals surface area (Å²) in [5.41, 5.74) is 0.898. The van der Waals surface area contributed by atoms with Crippen molar-refractivity contribution < 1.29 is 18.0 Å². The standard InChI is InChI=1S/C20H14F3N5O/c21-20(22,23)17-13(10-24)9-14(11-27-17)19(29)28-7-3-12(4-8-28)15-1-5-25-18-16(15)2-6-26-18/h1-3,5-6,9,11H,4,7-8H2,(H,25,26). The molecule has 9 heteroatoms. The Morgan fingerprint density at radius 3 is 2.79 bits per heavy atom. The van der Waals surface area contributed by atoms with E-state index in [4.69, 9.17) is 5.26 Å². The lowest BCUT2D eigenvalue weighted by molar-refractivity contribution is -0.141. The van der Waals surface area contributed by atoms with Gasteiger partial charge in [-0.25, -0.2) is 9.97 Å². The lowest BCUT2D eigenvalue weighted by Gasteiger charge is -2.27. The molecule has 4 heterocycles. The average molecular weight is 397 g/mol. The maximum absolute atomic E-state index is 12.9. The van der Waals surface area contributed by atoms with E-state index in [0.29, 0.717) is 19.5 Å². The summed E-state index contributed by atoms with van der Waals surface area (Å²) >= 11 is 0. The molecule has 0 atom stereocenters. The summed E-state index contributed by atoms with van der Waals surface area (Å²) in [6, 6.07) is 6.27. The van der Waals surface area contributed by atoms with Crippen molar-refractivity contribution in [3.63, 3.8) is 0 Å². The van der Waals surface area contributed by atoms with Crippen LogP contribution in [-0.2, 0) is 6.18 Å². The molecule has 0 saturated carbocycles. The van der Waals surface area contributed by atoms with Crippen molar-refractivity contribution in [1.29, 1.82) is 5.26 Å². The molecule has 0 unspecified atom stereocenters. The van der Waals surface area contributed by atoms with E-state index in [2.05, 4.69) is 15.0 Å². The van der Waals surface area contributed by atoms with Crippen molar-refractivity contribution in [3.8, 4) is 6.07 Å². The van der Waals surface area contributed by atoms with Gasteiger partial charge < -0.3 is 9.88 Å². The average Bonchev–Trinajstić information content (AvgIpc) is 3.21. The Morgan fingerprint density at radius 1 is 1.28 bits per heavy atom. The predicted octanol–water partition coefficient (Wildman–Crippen LogP) is 3.78. The molecule has 0 saturated heterocycles. The van der Waals surface area contributed by atoms with Crippen LogP contribution in [0.25, 0.3) is 16.6 Å². The van der Waals surface area contributed by atoms with Gasteiger partial charge in [-0.1, -0.05) is 6.08 Å². The van der Waals surface area contributed by atoms with E-state index in [1.54, 1.807) is 6.20 Å². The van der Waals surface area contributed by atoms with Gasteiger partial charge >= 0.3 is 6.18 Å². The molecule has 4 rings (SSSR count). The number of alkyl halides is 3. The van der Waals surface area contributed by atoms with Crippen LogP contribution in [0.4, 0.5) is 13.2 Å². The van der Waals surface area contributed by atoms with E-state index in [-0.39, 0.29) is 5.56 Å². The maximum atomic E-state index is 12.9. The summed E-state index contributed by atoms with van der Waals surface area (Å²) in [6.07, 6.45) is 2.16. The van der Waals surface area contributed by atoms with Crippen LogP contribution in [-0.4, -0.2) is 38.8 Å². The fourth-order valence-corrected chi connectivity index (χ4v) is 3.41. The number of nitrogens with one attached hydrogen (secondary N) is 1. The summed E-state index contributed by atoms with van der Waals surface area (Å²) in [6.45, 7) is 0.715. The first kappa shape index (κ1) is 18.7. The number of amides is 1. The van der Waals surface area contributed by atoms with Gasteiger partial charge in [0.2, 0.25) is 0 Å². The number of aromatic nitrogens is 3. The van der Waals surface area contributed by atoms with Gasteiger partial charge in [-0.15, -0.1) is 0 Å². The number of carbonyl (C=O) groups excluding carboxylic acids is 1. The van der Waals surface area contributed by atoms with Gasteiger partial charge in [0.15, 0.2) is 5.69 Å². The number of halogens is 3. The molecule has 0 fully saturated rings. The van der Waals surface area contributed by atoms with Crippen molar-refractivity contribution in [2.75, 3.05) is 13.1 Å². The Bertz CT molecular complexity index is 1170. The molecule has 0 bridgehead atoms. The molecule has 0 radical (unpaired) electrons. The minimum Gasteiger partial charge on any atom is -0.346 e. The maximum Gasteiger partial charge on any atom is 0.434 e. The molecule has 0 aliphatic carbocycles. The van der Waals surface area contributed by atoms with Gasteiger partial charge in [0.25, 0.3) is 5.91 Å². The highest BCUT2D eigenvalue weighted by Gasteiger charge is 2.36. The van der Waals surface area contributed by atoms with Crippen molar-refractivity contribution in [2.45, 2.75) is 12.6 Å². The largest absolute Gasteiger partial charge is 0.434 e. The Balaban J connectivity index is 1.56. The molecule has 0 spiro atoms. The number of fused-ring (bicyclic) bond motifs is 1. The quantitative estimate of drug-likeness (QED) is 0.713. The van der Waals surface area contributed by atoms with Gasteiger partial charge in [-0.3, -0.25) is 4.79 Å². The van der Waals surface area contributed by atoms with Crippen LogP contribution in [0.3, 0.4) is 0 Å². The number of H-pyrrole nitrogens is 1. The zero-order chi connectivity index (χ0) is 20.6. The third-order valence-electron chi connectivity index (χ3n) is 4.83. The van der Waals surface area contributed by atoms with E-state index in [0.717, 1.165) is 34.4 Å². The number of rotatable bonds is 2.